The number of anilines is 1. The highest BCUT2D eigenvalue weighted by molar-refractivity contribution is 6.30. The summed E-state index contributed by atoms with van der Waals surface area (Å²) in [7, 11) is 0. The molecular formula is C16H19ClFN3. The van der Waals surface area contributed by atoms with Crippen LogP contribution in [0.2, 0.25) is 5.02 Å². The molecule has 0 amide bonds. The van der Waals surface area contributed by atoms with Crippen molar-refractivity contribution in [3.8, 4) is 0 Å². The number of hydrogen-bond acceptors (Lipinski definition) is 3. The van der Waals surface area contributed by atoms with Gasteiger partial charge in [-0.2, -0.15) is 0 Å². The molecule has 2 rings (SSSR count). The van der Waals surface area contributed by atoms with Crippen molar-refractivity contribution in [3.63, 3.8) is 0 Å². The fourth-order valence-electron chi connectivity index (χ4n) is 2.36. The first-order chi connectivity index (χ1) is 10.0. The molecule has 0 fully saturated rings. The van der Waals surface area contributed by atoms with E-state index in [-0.39, 0.29) is 11.9 Å². The fourth-order valence-corrected chi connectivity index (χ4v) is 2.52. The number of rotatable bonds is 5. The zero-order chi connectivity index (χ0) is 15.4. The third-order valence-electron chi connectivity index (χ3n) is 3.40. The van der Waals surface area contributed by atoms with E-state index in [4.69, 9.17) is 17.3 Å². The van der Waals surface area contributed by atoms with Gasteiger partial charge in [0.2, 0.25) is 0 Å². The zero-order valence-corrected chi connectivity index (χ0v) is 12.9. The van der Waals surface area contributed by atoms with Crippen LogP contribution < -0.4 is 11.1 Å². The minimum atomic E-state index is -0.348. The molecule has 2 aromatic rings. The zero-order valence-electron chi connectivity index (χ0n) is 12.2. The summed E-state index contributed by atoms with van der Waals surface area (Å²) in [6.07, 6.45) is 2.59. The second-order valence-corrected chi connectivity index (χ2v) is 5.42. The Morgan fingerprint density at radius 1 is 1.38 bits per heavy atom. The van der Waals surface area contributed by atoms with Gasteiger partial charge in [0.1, 0.15) is 11.6 Å². The van der Waals surface area contributed by atoms with E-state index in [0.29, 0.717) is 16.4 Å². The summed E-state index contributed by atoms with van der Waals surface area (Å²) >= 11 is 5.84. The van der Waals surface area contributed by atoms with Crippen LogP contribution in [0, 0.1) is 12.7 Å². The fraction of sp³-hybridized carbons (Fsp3) is 0.312. The molecule has 21 heavy (non-hydrogen) atoms. The molecule has 112 valence electrons. The van der Waals surface area contributed by atoms with E-state index in [2.05, 4.69) is 17.2 Å². The molecule has 0 spiro atoms. The Labute approximate surface area is 129 Å². The summed E-state index contributed by atoms with van der Waals surface area (Å²) in [5.74, 6) is 0.0664. The quantitative estimate of drug-likeness (QED) is 0.882. The van der Waals surface area contributed by atoms with Crippen molar-refractivity contribution in [1.82, 2.24) is 10.3 Å². The van der Waals surface area contributed by atoms with Crippen LogP contribution in [0.3, 0.4) is 0 Å². The summed E-state index contributed by atoms with van der Waals surface area (Å²) in [4.78, 5) is 4.13. The van der Waals surface area contributed by atoms with Crippen LogP contribution in [0.5, 0.6) is 0 Å². The smallest absolute Gasteiger partial charge is 0.129 e. The molecule has 1 aromatic carbocycles. The Kier molecular flexibility index (Phi) is 5.15. The number of aryl methyl sites for hydroxylation is 1. The van der Waals surface area contributed by atoms with E-state index in [0.717, 1.165) is 24.1 Å². The minimum Gasteiger partial charge on any atom is -0.383 e. The lowest BCUT2D eigenvalue weighted by Crippen LogP contribution is -2.26. The molecule has 1 atom stereocenters. The average Bonchev–Trinajstić information content (AvgIpc) is 2.43. The van der Waals surface area contributed by atoms with Crippen LogP contribution in [0.25, 0.3) is 0 Å². The van der Waals surface area contributed by atoms with Crippen LogP contribution in [0.1, 0.15) is 36.1 Å². The Hall–Kier alpha value is -1.65. The number of nitrogens with one attached hydrogen (secondary N) is 1. The molecule has 0 aliphatic rings. The summed E-state index contributed by atoms with van der Waals surface area (Å²) in [6.45, 7) is 4.75. The molecule has 1 aromatic heterocycles. The van der Waals surface area contributed by atoms with Gasteiger partial charge in [-0.15, -0.1) is 0 Å². The lowest BCUT2D eigenvalue weighted by Gasteiger charge is -2.23. The molecule has 0 bridgehead atoms. The first-order valence-electron chi connectivity index (χ1n) is 6.94. The minimum absolute atomic E-state index is 0.337. The topological polar surface area (TPSA) is 50.9 Å². The predicted octanol–water partition coefficient (Wildman–Crippen LogP) is 3.85. The molecule has 1 heterocycles. The lowest BCUT2D eigenvalue weighted by molar-refractivity contribution is 0.545. The highest BCUT2D eigenvalue weighted by atomic mass is 35.5. The second-order valence-electron chi connectivity index (χ2n) is 4.98. The van der Waals surface area contributed by atoms with Gasteiger partial charge < -0.3 is 11.1 Å². The van der Waals surface area contributed by atoms with Crippen LogP contribution >= 0.6 is 11.6 Å². The van der Waals surface area contributed by atoms with E-state index in [9.17, 15) is 4.39 Å². The van der Waals surface area contributed by atoms with E-state index in [1.807, 2.05) is 13.0 Å². The van der Waals surface area contributed by atoms with E-state index >= 15 is 0 Å². The lowest BCUT2D eigenvalue weighted by atomic mass is 9.95. The Morgan fingerprint density at radius 3 is 2.76 bits per heavy atom. The van der Waals surface area contributed by atoms with Crippen molar-refractivity contribution >= 4 is 17.4 Å². The number of nitrogens with two attached hydrogens (primary N) is 1. The molecule has 3 nitrogen and oxygen atoms in total. The Balaban J connectivity index is 2.52. The molecule has 3 N–H and O–H groups in total. The number of halogens is 2. The molecular weight excluding hydrogens is 289 g/mol. The van der Waals surface area contributed by atoms with Gasteiger partial charge in [-0.25, -0.2) is 9.37 Å². The average molecular weight is 308 g/mol. The summed E-state index contributed by atoms with van der Waals surface area (Å²) in [6, 6.07) is 6.23. The third kappa shape index (κ3) is 3.52. The number of nitrogens with zero attached hydrogens (tertiary/aromatic N) is 1. The van der Waals surface area contributed by atoms with Gasteiger partial charge in [0.05, 0.1) is 6.04 Å². The van der Waals surface area contributed by atoms with Crippen molar-refractivity contribution in [3.05, 3.63) is 58.0 Å². The van der Waals surface area contributed by atoms with Gasteiger partial charge in [-0.1, -0.05) is 24.6 Å². The predicted molar refractivity (Wildman–Crippen MR) is 84.9 cm³/mol. The van der Waals surface area contributed by atoms with E-state index < -0.39 is 0 Å². The maximum absolute atomic E-state index is 14.3. The van der Waals surface area contributed by atoms with Gasteiger partial charge in [0.15, 0.2) is 0 Å². The van der Waals surface area contributed by atoms with Crippen LogP contribution in [-0.4, -0.2) is 11.5 Å². The molecule has 0 aliphatic carbocycles. The number of benzene rings is 1. The van der Waals surface area contributed by atoms with Crippen molar-refractivity contribution in [2.75, 3.05) is 12.3 Å². The maximum Gasteiger partial charge on any atom is 0.129 e. The van der Waals surface area contributed by atoms with Crippen molar-refractivity contribution in [1.29, 1.82) is 0 Å². The number of nitrogen functional groups attached to an aromatic ring is 1. The van der Waals surface area contributed by atoms with Gasteiger partial charge in [-0.3, -0.25) is 0 Å². The number of hydrogen-bond donors (Lipinski definition) is 2. The Morgan fingerprint density at radius 2 is 2.14 bits per heavy atom. The van der Waals surface area contributed by atoms with E-state index in [1.165, 1.54) is 6.07 Å². The molecule has 0 saturated heterocycles. The summed E-state index contributed by atoms with van der Waals surface area (Å²) < 4.78 is 14.3. The van der Waals surface area contributed by atoms with Gasteiger partial charge in [-0.05, 0) is 43.7 Å². The summed E-state index contributed by atoms with van der Waals surface area (Å²) in [5, 5.41) is 3.72. The van der Waals surface area contributed by atoms with Crippen molar-refractivity contribution in [2.24, 2.45) is 0 Å². The van der Waals surface area contributed by atoms with Gasteiger partial charge >= 0.3 is 0 Å². The van der Waals surface area contributed by atoms with Crippen molar-refractivity contribution < 1.29 is 4.39 Å². The molecule has 5 heteroatoms. The van der Waals surface area contributed by atoms with Crippen LogP contribution in [-0.2, 0) is 0 Å². The third-order valence-corrected chi connectivity index (χ3v) is 3.63. The largest absolute Gasteiger partial charge is 0.383 e. The molecule has 0 radical (unpaired) electrons. The standard InChI is InChI=1S/C16H19ClFN3/c1-3-7-20-15(12-5-4-11(17)9-13(12)18)14-10(2)6-8-21-16(14)19/h4-6,8-9,15,20H,3,7H2,1-2H3,(H2,19,21). The monoisotopic (exact) mass is 307 g/mol. The second kappa shape index (κ2) is 6.87. The van der Waals surface area contributed by atoms with Gasteiger partial charge in [0, 0.05) is 22.3 Å². The summed E-state index contributed by atoms with van der Waals surface area (Å²) in [5.41, 5.74) is 8.32. The first-order valence-corrected chi connectivity index (χ1v) is 7.31. The molecule has 1 unspecified atom stereocenters. The maximum atomic E-state index is 14.3. The number of aromatic nitrogens is 1. The van der Waals surface area contributed by atoms with E-state index in [1.54, 1.807) is 18.3 Å². The molecule has 0 aliphatic heterocycles. The highest BCUT2D eigenvalue weighted by Crippen LogP contribution is 2.31. The normalized spacial score (nSPS) is 12.4. The Bertz CT molecular complexity index is 611. The first kappa shape index (κ1) is 15.7. The highest BCUT2D eigenvalue weighted by Gasteiger charge is 2.22. The molecule has 0 saturated carbocycles. The van der Waals surface area contributed by atoms with Crippen LogP contribution in [0.4, 0.5) is 10.2 Å². The van der Waals surface area contributed by atoms with Gasteiger partial charge in [0.25, 0.3) is 0 Å². The van der Waals surface area contributed by atoms with Crippen molar-refractivity contribution in [2.45, 2.75) is 26.3 Å². The number of pyridine rings is 1. The SMILES string of the molecule is CCCNC(c1ccc(Cl)cc1F)c1c(C)ccnc1N. The van der Waals surface area contributed by atoms with Crippen LogP contribution in [0.15, 0.2) is 30.5 Å².